The number of anilines is 2. The van der Waals surface area contributed by atoms with Gasteiger partial charge in [0.05, 0.1) is 12.7 Å². The smallest absolute Gasteiger partial charge is 0.180 e. The van der Waals surface area contributed by atoms with Crippen LogP contribution in [0, 0.1) is 5.92 Å². The van der Waals surface area contributed by atoms with Crippen LogP contribution in [-0.4, -0.2) is 54.1 Å². The average molecular weight is 441 g/mol. The summed E-state index contributed by atoms with van der Waals surface area (Å²) in [6.45, 7) is -1.38. The molecule has 9 heteroatoms. The summed E-state index contributed by atoms with van der Waals surface area (Å²) in [6, 6.07) is 1.78. The SMILES string of the molecule is COP(OC[C@@H]1CCC(N(C)c2cc(N)ncn2)O1)(SCC1CCC1)=C1CCC1. The molecule has 2 saturated carbocycles. The first-order valence-corrected chi connectivity index (χ1v) is 13.9. The van der Waals surface area contributed by atoms with Gasteiger partial charge in [0, 0.05) is 26.0 Å². The van der Waals surface area contributed by atoms with Crippen molar-refractivity contribution in [2.24, 2.45) is 5.92 Å². The summed E-state index contributed by atoms with van der Waals surface area (Å²) in [5.74, 6) is 3.26. The van der Waals surface area contributed by atoms with E-state index >= 15 is 0 Å². The molecule has 3 atom stereocenters. The number of rotatable bonds is 9. The maximum atomic E-state index is 6.56. The number of nitrogens with two attached hydrogens (primary N) is 1. The van der Waals surface area contributed by atoms with E-state index in [1.54, 1.807) is 6.07 Å². The minimum Gasteiger partial charge on any atom is -0.384 e. The molecule has 1 aromatic rings. The second-order valence-corrected chi connectivity index (χ2v) is 13.2. The highest BCUT2D eigenvalue weighted by molar-refractivity contribution is 8.58. The summed E-state index contributed by atoms with van der Waals surface area (Å²) in [7, 11) is 3.82. The van der Waals surface area contributed by atoms with E-state index in [4.69, 9.17) is 19.5 Å². The Labute approximate surface area is 178 Å². The summed E-state index contributed by atoms with van der Waals surface area (Å²) in [5.41, 5.74) is 5.79. The van der Waals surface area contributed by atoms with Gasteiger partial charge < -0.3 is 24.4 Å². The number of aromatic nitrogens is 2. The van der Waals surface area contributed by atoms with Gasteiger partial charge in [0.15, 0.2) is 6.54 Å². The van der Waals surface area contributed by atoms with Crippen molar-refractivity contribution in [3.63, 3.8) is 0 Å². The van der Waals surface area contributed by atoms with Crippen LogP contribution in [0.1, 0.15) is 51.4 Å². The molecule has 7 nitrogen and oxygen atoms in total. The lowest BCUT2D eigenvalue weighted by Crippen LogP contribution is -2.33. The van der Waals surface area contributed by atoms with Crippen LogP contribution in [0.4, 0.5) is 11.6 Å². The topological polar surface area (TPSA) is 82.7 Å². The normalized spacial score (nSPS) is 26.6. The quantitative estimate of drug-likeness (QED) is 0.569. The zero-order chi connectivity index (χ0) is 20.3. The molecule has 2 heterocycles. The van der Waals surface area contributed by atoms with Crippen LogP contribution < -0.4 is 10.6 Å². The van der Waals surface area contributed by atoms with E-state index in [1.807, 2.05) is 30.4 Å². The van der Waals surface area contributed by atoms with Crippen LogP contribution in [0.15, 0.2) is 12.4 Å². The number of hydrogen-bond acceptors (Lipinski definition) is 8. The van der Waals surface area contributed by atoms with Crippen molar-refractivity contribution in [2.75, 3.05) is 37.2 Å². The molecule has 2 N–H and O–H groups in total. The first-order valence-electron chi connectivity index (χ1n) is 10.6. The molecule has 0 radical (unpaired) electrons. The van der Waals surface area contributed by atoms with Crippen LogP contribution in [0.5, 0.6) is 0 Å². The molecule has 0 spiro atoms. The third-order valence-corrected chi connectivity index (χ3v) is 12.4. The highest BCUT2D eigenvalue weighted by Crippen LogP contribution is 2.66. The number of nitrogens with zero attached hydrogens (tertiary/aromatic N) is 3. The van der Waals surface area contributed by atoms with Gasteiger partial charge in [0.2, 0.25) is 0 Å². The van der Waals surface area contributed by atoms with Gasteiger partial charge in [-0.3, -0.25) is 0 Å². The van der Waals surface area contributed by atoms with E-state index in [-0.39, 0.29) is 12.3 Å². The maximum absolute atomic E-state index is 6.56. The van der Waals surface area contributed by atoms with Gasteiger partial charge in [0.1, 0.15) is 24.2 Å². The van der Waals surface area contributed by atoms with Crippen molar-refractivity contribution in [3.05, 3.63) is 12.4 Å². The Hall–Kier alpha value is -0.790. The minimum absolute atomic E-state index is 0.0211. The van der Waals surface area contributed by atoms with E-state index in [1.165, 1.54) is 37.3 Å². The zero-order valence-electron chi connectivity index (χ0n) is 17.5. The molecule has 0 aromatic carbocycles. The fourth-order valence-electron chi connectivity index (χ4n) is 3.90. The Morgan fingerprint density at radius 2 is 2.07 bits per heavy atom. The summed E-state index contributed by atoms with van der Waals surface area (Å²) >= 11 is 1.96. The fraction of sp³-hybridized carbons (Fsp3) is 0.750. The minimum atomic E-state index is -1.97. The maximum Gasteiger partial charge on any atom is 0.180 e. The molecule has 1 aromatic heterocycles. The monoisotopic (exact) mass is 440 g/mol. The van der Waals surface area contributed by atoms with E-state index < -0.39 is 6.54 Å². The standard InChI is InChI=1S/C20H33N4O3PS/c1-24(19-11-18(21)22-14-23-19)20-10-9-16(27-20)12-26-28(25-2,17-7-4-8-17)29-13-15-5-3-6-15/h11,14-16,20H,3-10,12-13H2,1-2H3,(H2,21,22,23)/t16-,20?,28?/m0/s1. The van der Waals surface area contributed by atoms with Gasteiger partial charge in [-0.15, -0.1) is 0 Å². The van der Waals surface area contributed by atoms with Crippen molar-refractivity contribution >= 4 is 34.9 Å². The molecule has 3 fully saturated rings. The van der Waals surface area contributed by atoms with Crippen LogP contribution in [0.25, 0.3) is 0 Å². The Bertz CT molecular complexity index is 755. The van der Waals surface area contributed by atoms with Crippen molar-refractivity contribution in [2.45, 2.75) is 63.7 Å². The molecule has 0 bridgehead atoms. The van der Waals surface area contributed by atoms with Crippen molar-refractivity contribution in [1.29, 1.82) is 0 Å². The van der Waals surface area contributed by atoms with Crippen LogP contribution in [0.3, 0.4) is 0 Å². The molecule has 1 saturated heterocycles. The highest BCUT2D eigenvalue weighted by atomic mass is 32.7. The Morgan fingerprint density at radius 1 is 1.24 bits per heavy atom. The highest BCUT2D eigenvalue weighted by Gasteiger charge is 2.34. The fourth-order valence-corrected chi connectivity index (χ4v) is 9.82. The average Bonchev–Trinajstić information content (AvgIpc) is 3.11. The third kappa shape index (κ3) is 4.93. The molecule has 2 unspecified atom stereocenters. The largest absolute Gasteiger partial charge is 0.384 e. The van der Waals surface area contributed by atoms with E-state index in [9.17, 15) is 0 Å². The molecular weight excluding hydrogens is 407 g/mol. The predicted octanol–water partition coefficient (Wildman–Crippen LogP) is 4.32. The van der Waals surface area contributed by atoms with Crippen LogP contribution in [-0.2, 0) is 13.8 Å². The molecule has 3 aliphatic rings. The zero-order valence-corrected chi connectivity index (χ0v) is 19.2. The summed E-state index contributed by atoms with van der Waals surface area (Å²) in [5, 5.41) is 1.51. The first-order chi connectivity index (χ1) is 14.1. The molecule has 0 amide bonds. The Balaban J connectivity index is 1.34. The van der Waals surface area contributed by atoms with Gasteiger partial charge in [-0.1, -0.05) is 17.8 Å². The number of nitrogen functional groups attached to an aromatic ring is 1. The van der Waals surface area contributed by atoms with Gasteiger partial charge >= 0.3 is 0 Å². The van der Waals surface area contributed by atoms with E-state index in [0.717, 1.165) is 43.2 Å². The second-order valence-electron chi connectivity index (χ2n) is 8.19. The van der Waals surface area contributed by atoms with Crippen LogP contribution >= 0.6 is 17.9 Å². The summed E-state index contributed by atoms with van der Waals surface area (Å²) in [6.07, 6.45) is 11.2. The molecule has 1 aliphatic heterocycles. The van der Waals surface area contributed by atoms with Crippen LogP contribution in [0.2, 0.25) is 0 Å². The lowest BCUT2D eigenvalue weighted by Gasteiger charge is -2.35. The molecule has 162 valence electrons. The first kappa shape index (κ1) is 21.4. The Morgan fingerprint density at radius 3 is 2.69 bits per heavy atom. The van der Waals surface area contributed by atoms with E-state index in [0.29, 0.717) is 12.4 Å². The van der Waals surface area contributed by atoms with Gasteiger partial charge in [-0.2, -0.15) is 0 Å². The number of hydrogen-bond donors (Lipinski definition) is 1. The number of ether oxygens (including phenoxy) is 1. The van der Waals surface area contributed by atoms with Crippen molar-refractivity contribution < 1.29 is 13.8 Å². The third-order valence-electron chi connectivity index (χ3n) is 6.25. The predicted molar refractivity (Wildman–Crippen MR) is 121 cm³/mol. The van der Waals surface area contributed by atoms with E-state index in [2.05, 4.69) is 9.97 Å². The summed E-state index contributed by atoms with van der Waals surface area (Å²) < 4.78 is 18.9. The lowest BCUT2D eigenvalue weighted by molar-refractivity contribution is 0.0189. The Kier molecular flexibility index (Phi) is 7.07. The molecule has 29 heavy (non-hydrogen) atoms. The molecule has 4 rings (SSSR count). The lowest BCUT2D eigenvalue weighted by atomic mass is 9.87. The van der Waals surface area contributed by atoms with Crippen molar-refractivity contribution in [1.82, 2.24) is 9.97 Å². The van der Waals surface area contributed by atoms with Crippen molar-refractivity contribution in [3.8, 4) is 0 Å². The van der Waals surface area contributed by atoms with Gasteiger partial charge in [-0.05, 0) is 56.2 Å². The molecular formula is C20H33N4O3PS. The molecule has 2 aliphatic carbocycles. The van der Waals surface area contributed by atoms with Gasteiger partial charge in [-0.25, -0.2) is 9.97 Å². The van der Waals surface area contributed by atoms with Gasteiger partial charge in [0.25, 0.3) is 0 Å². The second kappa shape index (κ2) is 9.56. The summed E-state index contributed by atoms with van der Waals surface area (Å²) in [4.78, 5) is 10.3.